The first-order chi connectivity index (χ1) is 12.9. The zero-order valence-electron chi connectivity index (χ0n) is 14.3. The molecule has 3 rings (SSSR count). The molecule has 0 radical (unpaired) electrons. The first-order valence-corrected chi connectivity index (χ1v) is 7.93. The van der Waals surface area contributed by atoms with Crippen molar-refractivity contribution in [2.24, 2.45) is 0 Å². The van der Waals surface area contributed by atoms with Gasteiger partial charge in [-0.15, -0.1) is 0 Å². The van der Waals surface area contributed by atoms with Crippen molar-refractivity contribution in [2.45, 2.75) is 12.3 Å². The summed E-state index contributed by atoms with van der Waals surface area (Å²) in [6.45, 7) is 0. The first kappa shape index (κ1) is 18.5. The molecular weight excluding hydrogens is 359 g/mol. The minimum absolute atomic E-state index is 0.0497. The Labute approximate surface area is 153 Å². The van der Waals surface area contributed by atoms with Crippen molar-refractivity contribution in [1.29, 1.82) is 0 Å². The molecule has 1 atom stereocenters. The van der Waals surface area contributed by atoms with Crippen LogP contribution in [0.3, 0.4) is 0 Å². The molecular formula is C19H16F3N3O2. The van der Waals surface area contributed by atoms with Crippen molar-refractivity contribution in [2.75, 3.05) is 12.8 Å². The Morgan fingerprint density at radius 1 is 1.00 bits per heavy atom. The van der Waals surface area contributed by atoms with Crippen molar-refractivity contribution in [3.8, 4) is 22.8 Å². The second-order valence-electron chi connectivity index (χ2n) is 5.65. The molecule has 1 aromatic heterocycles. The fourth-order valence-corrected chi connectivity index (χ4v) is 2.52. The van der Waals surface area contributed by atoms with Crippen molar-refractivity contribution < 1.29 is 22.6 Å². The maximum Gasteiger partial charge on any atom is 0.429 e. The van der Waals surface area contributed by atoms with Crippen LogP contribution in [0.1, 0.15) is 11.7 Å². The Balaban J connectivity index is 1.89. The summed E-state index contributed by atoms with van der Waals surface area (Å²) >= 11 is 0. The van der Waals surface area contributed by atoms with Gasteiger partial charge in [0.05, 0.1) is 7.11 Å². The number of nitrogen functional groups attached to an aromatic ring is 1. The van der Waals surface area contributed by atoms with Gasteiger partial charge in [-0.2, -0.15) is 18.2 Å². The van der Waals surface area contributed by atoms with Crippen molar-refractivity contribution in [1.82, 2.24) is 9.97 Å². The molecule has 1 heterocycles. The van der Waals surface area contributed by atoms with E-state index in [0.29, 0.717) is 5.75 Å². The van der Waals surface area contributed by atoms with Gasteiger partial charge in [-0.05, 0) is 23.3 Å². The van der Waals surface area contributed by atoms with Gasteiger partial charge in [0, 0.05) is 17.8 Å². The summed E-state index contributed by atoms with van der Waals surface area (Å²) in [7, 11) is 1.55. The van der Waals surface area contributed by atoms with Crippen LogP contribution in [0.4, 0.5) is 19.1 Å². The molecule has 5 nitrogen and oxygen atoms in total. The minimum atomic E-state index is -4.63. The van der Waals surface area contributed by atoms with Gasteiger partial charge in [-0.1, -0.05) is 36.4 Å². The molecule has 0 aliphatic carbocycles. The van der Waals surface area contributed by atoms with E-state index in [4.69, 9.17) is 15.2 Å². The van der Waals surface area contributed by atoms with Gasteiger partial charge in [0.15, 0.2) is 0 Å². The van der Waals surface area contributed by atoms with Crippen LogP contribution in [0.5, 0.6) is 11.6 Å². The van der Waals surface area contributed by atoms with Gasteiger partial charge in [0.1, 0.15) is 5.75 Å². The molecule has 0 bridgehead atoms. The Morgan fingerprint density at radius 2 is 1.74 bits per heavy atom. The van der Waals surface area contributed by atoms with Crippen LogP contribution in [0.2, 0.25) is 0 Å². The molecule has 0 saturated carbocycles. The average Bonchev–Trinajstić information content (AvgIpc) is 2.65. The summed E-state index contributed by atoms with van der Waals surface area (Å²) in [6, 6.07) is 14.4. The zero-order valence-corrected chi connectivity index (χ0v) is 14.3. The number of benzene rings is 2. The Kier molecular flexibility index (Phi) is 5.16. The lowest BCUT2D eigenvalue weighted by Crippen LogP contribution is -2.26. The van der Waals surface area contributed by atoms with Crippen molar-refractivity contribution >= 4 is 5.95 Å². The topological polar surface area (TPSA) is 70.3 Å². The van der Waals surface area contributed by atoms with Crippen LogP contribution in [0.15, 0.2) is 60.8 Å². The van der Waals surface area contributed by atoms with E-state index in [2.05, 4.69) is 9.97 Å². The molecule has 0 saturated heterocycles. The lowest BCUT2D eigenvalue weighted by molar-refractivity contribution is -0.198. The standard InChI is InChI=1S/C19H16F3N3O2/c1-26-15-4-2-3-14(11-15)12-5-7-13(8-6-12)17(19(20,21)22)27-16-9-10-24-18(23)25-16/h2-11,17H,1H3,(H2,23,24,25)/t17-/m1/s1. The van der Waals surface area contributed by atoms with E-state index in [9.17, 15) is 13.2 Å². The quantitative estimate of drug-likeness (QED) is 0.715. The highest BCUT2D eigenvalue weighted by molar-refractivity contribution is 5.65. The van der Waals surface area contributed by atoms with Crippen LogP contribution in [0.25, 0.3) is 11.1 Å². The van der Waals surface area contributed by atoms with Crippen molar-refractivity contribution in [3.63, 3.8) is 0 Å². The molecule has 8 heteroatoms. The molecule has 140 valence electrons. The summed E-state index contributed by atoms with van der Waals surface area (Å²) in [6.07, 6.45) is -5.57. The normalized spacial score (nSPS) is 12.4. The maximum atomic E-state index is 13.5. The number of rotatable bonds is 5. The Morgan fingerprint density at radius 3 is 2.37 bits per heavy atom. The Hall–Kier alpha value is -3.29. The second kappa shape index (κ2) is 7.53. The van der Waals surface area contributed by atoms with Crippen LogP contribution in [-0.2, 0) is 0 Å². The van der Waals surface area contributed by atoms with Gasteiger partial charge in [0.2, 0.25) is 17.9 Å². The monoisotopic (exact) mass is 375 g/mol. The molecule has 2 aromatic carbocycles. The fraction of sp³-hybridized carbons (Fsp3) is 0.158. The van der Waals surface area contributed by atoms with Gasteiger partial charge >= 0.3 is 6.18 Å². The molecule has 0 aliphatic rings. The number of alkyl halides is 3. The second-order valence-corrected chi connectivity index (χ2v) is 5.65. The Bertz CT molecular complexity index is 915. The van der Waals surface area contributed by atoms with Gasteiger partial charge in [0.25, 0.3) is 0 Å². The summed E-state index contributed by atoms with van der Waals surface area (Å²) in [4.78, 5) is 7.30. The highest BCUT2D eigenvalue weighted by atomic mass is 19.4. The molecule has 27 heavy (non-hydrogen) atoms. The van der Waals surface area contributed by atoms with E-state index in [1.165, 1.54) is 24.4 Å². The fourth-order valence-electron chi connectivity index (χ4n) is 2.52. The number of nitrogens with two attached hydrogens (primary N) is 1. The molecule has 0 fully saturated rings. The first-order valence-electron chi connectivity index (χ1n) is 7.93. The van der Waals surface area contributed by atoms with E-state index in [1.54, 1.807) is 31.4 Å². The van der Waals surface area contributed by atoms with Crippen LogP contribution < -0.4 is 15.2 Å². The van der Waals surface area contributed by atoms with Crippen molar-refractivity contribution in [3.05, 3.63) is 66.4 Å². The van der Waals surface area contributed by atoms with Gasteiger partial charge in [-0.3, -0.25) is 0 Å². The van der Waals surface area contributed by atoms with Crippen LogP contribution in [-0.4, -0.2) is 23.3 Å². The van der Waals surface area contributed by atoms with E-state index < -0.39 is 12.3 Å². The molecule has 3 aromatic rings. The lowest BCUT2D eigenvalue weighted by Gasteiger charge is -2.21. The van der Waals surface area contributed by atoms with Gasteiger partial charge in [-0.25, -0.2) is 4.98 Å². The number of methoxy groups -OCH3 is 1. The van der Waals surface area contributed by atoms with E-state index in [-0.39, 0.29) is 17.4 Å². The minimum Gasteiger partial charge on any atom is -0.497 e. The third kappa shape index (κ3) is 4.46. The predicted molar refractivity (Wildman–Crippen MR) is 94.3 cm³/mol. The maximum absolute atomic E-state index is 13.5. The van der Waals surface area contributed by atoms with E-state index in [1.807, 2.05) is 12.1 Å². The van der Waals surface area contributed by atoms with E-state index >= 15 is 0 Å². The highest BCUT2D eigenvalue weighted by Gasteiger charge is 2.43. The van der Waals surface area contributed by atoms with E-state index in [0.717, 1.165) is 11.1 Å². The SMILES string of the molecule is COc1cccc(-c2ccc([C@@H](Oc3ccnc(N)n3)C(F)(F)F)cc2)c1. The number of aromatic nitrogens is 2. The molecule has 2 N–H and O–H groups in total. The smallest absolute Gasteiger partial charge is 0.429 e. The number of hydrogen-bond acceptors (Lipinski definition) is 5. The molecule has 0 aliphatic heterocycles. The number of ether oxygens (including phenoxy) is 2. The third-order valence-corrected chi connectivity index (χ3v) is 3.80. The summed E-state index contributed by atoms with van der Waals surface area (Å²) in [5.74, 6) is 0.248. The zero-order chi connectivity index (χ0) is 19.4. The molecule has 0 spiro atoms. The molecule has 0 amide bonds. The number of halogens is 3. The third-order valence-electron chi connectivity index (χ3n) is 3.80. The average molecular weight is 375 g/mol. The number of nitrogens with zero attached hydrogens (tertiary/aromatic N) is 2. The number of anilines is 1. The summed E-state index contributed by atoms with van der Waals surface area (Å²) < 4.78 is 50.7. The van der Waals surface area contributed by atoms with Gasteiger partial charge < -0.3 is 15.2 Å². The summed E-state index contributed by atoms with van der Waals surface area (Å²) in [5.41, 5.74) is 6.93. The largest absolute Gasteiger partial charge is 0.497 e. The lowest BCUT2D eigenvalue weighted by atomic mass is 10.0. The highest BCUT2D eigenvalue weighted by Crippen LogP contribution is 2.37. The van der Waals surface area contributed by atoms with Crippen LogP contribution >= 0.6 is 0 Å². The number of hydrogen-bond donors (Lipinski definition) is 1. The summed E-state index contributed by atoms with van der Waals surface area (Å²) in [5, 5.41) is 0. The van der Waals surface area contributed by atoms with Crippen LogP contribution in [0, 0.1) is 0 Å². The predicted octanol–water partition coefficient (Wildman–Crippen LogP) is 4.42. The molecule has 0 unspecified atom stereocenters.